The van der Waals surface area contributed by atoms with Crippen LogP contribution in [0.4, 0.5) is 0 Å². The molecule has 0 bridgehead atoms. The van der Waals surface area contributed by atoms with E-state index >= 15 is 0 Å². The minimum absolute atomic E-state index is 0.410. The summed E-state index contributed by atoms with van der Waals surface area (Å²) in [7, 11) is 0. The van der Waals surface area contributed by atoms with Crippen LogP contribution in [-0.4, -0.2) is 38.1 Å². The fraction of sp³-hybridized carbons (Fsp3) is 0.571. The van der Waals surface area contributed by atoms with Crippen LogP contribution in [0.15, 0.2) is 5.16 Å². The van der Waals surface area contributed by atoms with Gasteiger partial charge in [0.05, 0.1) is 0 Å². The zero-order valence-corrected chi connectivity index (χ0v) is 8.54. The summed E-state index contributed by atoms with van der Waals surface area (Å²) in [6.07, 6.45) is 0.410. The number of aromatic amines is 1. The molecule has 0 fully saturated rings. The largest absolute Gasteiger partial charge is 0.480 e. The first-order valence-electron chi connectivity index (χ1n) is 4.10. The first-order valence-corrected chi connectivity index (χ1v) is 5.08. The van der Waals surface area contributed by atoms with Crippen molar-refractivity contribution < 1.29 is 9.90 Å². The van der Waals surface area contributed by atoms with Crippen molar-refractivity contribution in [3.05, 3.63) is 5.82 Å². The van der Waals surface area contributed by atoms with Crippen LogP contribution in [0.25, 0.3) is 0 Å². The molecular weight excluding hydrogens is 204 g/mol. The van der Waals surface area contributed by atoms with Gasteiger partial charge in [-0.2, -0.15) is 0 Å². The Kier molecular flexibility index (Phi) is 3.90. The third-order valence-corrected chi connectivity index (χ3v) is 2.43. The Morgan fingerprint density at radius 3 is 3.00 bits per heavy atom. The smallest absolute Gasteiger partial charge is 0.320 e. The lowest BCUT2D eigenvalue weighted by Gasteiger charge is -2.03. The highest BCUT2D eigenvalue weighted by Gasteiger charge is 2.11. The molecule has 6 nitrogen and oxygen atoms in total. The number of carboxylic acids is 1. The Hall–Kier alpha value is -1.08. The number of nitrogens with zero attached hydrogens (tertiary/aromatic N) is 2. The van der Waals surface area contributed by atoms with Gasteiger partial charge in [-0.25, -0.2) is 4.98 Å². The van der Waals surface area contributed by atoms with Crippen LogP contribution in [0.3, 0.4) is 0 Å². The van der Waals surface area contributed by atoms with Gasteiger partial charge in [-0.1, -0.05) is 11.8 Å². The van der Waals surface area contributed by atoms with Crippen LogP contribution >= 0.6 is 11.8 Å². The Bertz CT molecular complexity index is 314. The number of hydrogen-bond acceptors (Lipinski definition) is 5. The Balaban J connectivity index is 2.25. The molecule has 0 amide bonds. The molecule has 0 spiro atoms. The molecule has 1 atom stereocenters. The SMILES string of the molecule is Cc1nc(SCCC(N)C(=O)O)n[nH]1. The van der Waals surface area contributed by atoms with Gasteiger partial charge in [0.2, 0.25) is 5.16 Å². The molecule has 1 unspecified atom stereocenters. The molecule has 0 aliphatic carbocycles. The number of hydrogen-bond donors (Lipinski definition) is 3. The maximum atomic E-state index is 10.4. The van der Waals surface area contributed by atoms with Gasteiger partial charge in [0.1, 0.15) is 11.9 Å². The summed E-state index contributed by atoms with van der Waals surface area (Å²) in [5.74, 6) is 0.372. The average Bonchev–Trinajstić information content (AvgIpc) is 2.51. The molecule has 1 aromatic rings. The minimum atomic E-state index is -0.975. The summed E-state index contributed by atoms with van der Waals surface area (Å²) in [5.41, 5.74) is 5.32. The molecule has 78 valence electrons. The van der Waals surface area contributed by atoms with E-state index in [0.29, 0.717) is 17.3 Å². The number of carboxylic acid groups (broad SMARTS) is 1. The van der Waals surface area contributed by atoms with E-state index in [9.17, 15) is 4.79 Å². The van der Waals surface area contributed by atoms with Crippen molar-refractivity contribution >= 4 is 17.7 Å². The molecule has 1 aromatic heterocycles. The van der Waals surface area contributed by atoms with Crippen molar-refractivity contribution in [2.24, 2.45) is 5.73 Å². The van der Waals surface area contributed by atoms with Gasteiger partial charge in [0.15, 0.2) is 0 Å². The maximum Gasteiger partial charge on any atom is 0.320 e. The second-order valence-electron chi connectivity index (χ2n) is 2.79. The number of rotatable bonds is 5. The van der Waals surface area contributed by atoms with E-state index in [4.69, 9.17) is 10.8 Å². The lowest BCUT2D eigenvalue weighted by Crippen LogP contribution is -2.30. The molecule has 0 aromatic carbocycles. The quantitative estimate of drug-likeness (QED) is 0.599. The summed E-state index contributed by atoms with van der Waals surface area (Å²) >= 11 is 1.39. The normalized spacial score (nSPS) is 12.7. The number of nitrogens with two attached hydrogens (primary N) is 1. The fourth-order valence-corrected chi connectivity index (χ4v) is 1.65. The van der Waals surface area contributed by atoms with Crippen LogP contribution in [0.1, 0.15) is 12.2 Å². The number of nitrogens with one attached hydrogen (secondary N) is 1. The van der Waals surface area contributed by atoms with Crippen molar-refractivity contribution in [1.29, 1.82) is 0 Å². The molecule has 14 heavy (non-hydrogen) atoms. The van der Waals surface area contributed by atoms with Crippen molar-refractivity contribution in [3.63, 3.8) is 0 Å². The molecule has 0 aliphatic heterocycles. The monoisotopic (exact) mass is 216 g/mol. The van der Waals surface area contributed by atoms with Gasteiger partial charge < -0.3 is 10.8 Å². The first kappa shape index (κ1) is 11.0. The highest BCUT2D eigenvalue weighted by atomic mass is 32.2. The van der Waals surface area contributed by atoms with Crippen LogP contribution < -0.4 is 5.73 Å². The molecule has 7 heteroatoms. The molecule has 1 rings (SSSR count). The van der Waals surface area contributed by atoms with Crippen LogP contribution in [0, 0.1) is 6.92 Å². The molecule has 4 N–H and O–H groups in total. The van der Waals surface area contributed by atoms with E-state index in [1.54, 1.807) is 6.92 Å². The van der Waals surface area contributed by atoms with E-state index in [1.165, 1.54) is 11.8 Å². The van der Waals surface area contributed by atoms with Crippen LogP contribution in [0.2, 0.25) is 0 Å². The van der Waals surface area contributed by atoms with Gasteiger partial charge in [0.25, 0.3) is 0 Å². The standard InChI is InChI=1S/C7H12N4O2S/c1-4-9-7(11-10-4)14-3-2-5(8)6(12)13/h5H,2-3,8H2,1H3,(H,12,13)(H,9,10,11). The van der Waals surface area contributed by atoms with E-state index in [-0.39, 0.29) is 0 Å². The summed E-state index contributed by atoms with van der Waals surface area (Å²) < 4.78 is 0. The van der Waals surface area contributed by atoms with Crippen LogP contribution in [-0.2, 0) is 4.79 Å². The van der Waals surface area contributed by atoms with E-state index in [0.717, 1.165) is 5.82 Å². The number of aryl methyl sites for hydroxylation is 1. The third kappa shape index (κ3) is 3.35. The molecule has 0 saturated heterocycles. The van der Waals surface area contributed by atoms with E-state index < -0.39 is 12.0 Å². The second-order valence-corrected chi connectivity index (χ2v) is 3.85. The van der Waals surface area contributed by atoms with Crippen LogP contribution in [0.5, 0.6) is 0 Å². The van der Waals surface area contributed by atoms with Crippen molar-refractivity contribution in [3.8, 4) is 0 Å². The first-order chi connectivity index (χ1) is 6.59. The second kappa shape index (κ2) is 4.97. The molecular formula is C7H12N4O2S. The zero-order chi connectivity index (χ0) is 10.6. The average molecular weight is 216 g/mol. The number of thioether (sulfide) groups is 1. The summed E-state index contributed by atoms with van der Waals surface area (Å²) in [5, 5.41) is 15.7. The topological polar surface area (TPSA) is 105 Å². The number of aliphatic carboxylic acids is 1. The summed E-state index contributed by atoms with van der Waals surface area (Å²) in [6.45, 7) is 1.81. The van der Waals surface area contributed by atoms with Gasteiger partial charge in [-0.3, -0.25) is 9.89 Å². The van der Waals surface area contributed by atoms with E-state index in [2.05, 4.69) is 15.2 Å². The Labute approximate surface area is 85.3 Å². The van der Waals surface area contributed by atoms with Gasteiger partial charge in [-0.15, -0.1) is 5.10 Å². The minimum Gasteiger partial charge on any atom is -0.480 e. The fourth-order valence-electron chi connectivity index (χ4n) is 0.787. The Morgan fingerprint density at radius 1 is 1.79 bits per heavy atom. The highest BCUT2D eigenvalue weighted by Crippen LogP contribution is 2.13. The number of carbonyl (C=O) groups is 1. The summed E-state index contributed by atoms with van der Waals surface area (Å²) in [6, 6.07) is -0.803. The highest BCUT2D eigenvalue weighted by molar-refractivity contribution is 7.99. The predicted molar refractivity (Wildman–Crippen MR) is 52.1 cm³/mol. The molecule has 0 radical (unpaired) electrons. The van der Waals surface area contributed by atoms with Gasteiger partial charge >= 0.3 is 5.97 Å². The zero-order valence-electron chi connectivity index (χ0n) is 7.73. The van der Waals surface area contributed by atoms with Crippen molar-refractivity contribution in [1.82, 2.24) is 15.2 Å². The number of aromatic nitrogens is 3. The number of H-pyrrole nitrogens is 1. The molecule has 1 heterocycles. The summed E-state index contributed by atoms with van der Waals surface area (Å²) in [4.78, 5) is 14.4. The van der Waals surface area contributed by atoms with E-state index in [1.807, 2.05) is 0 Å². The Morgan fingerprint density at radius 2 is 2.50 bits per heavy atom. The van der Waals surface area contributed by atoms with Crippen molar-refractivity contribution in [2.75, 3.05) is 5.75 Å². The maximum absolute atomic E-state index is 10.4. The third-order valence-electron chi connectivity index (χ3n) is 1.55. The van der Waals surface area contributed by atoms with Gasteiger partial charge in [-0.05, 0) is 13.3 Å². The lowest BCUT2D eigenvalue weighted by atomic mass is 10.2. The predicted octanol–water partition coefficient (Wildman–Crippen LogP) is 0.00722. The van der Waals surface area contributed by atoms with Crippen molar-refractivity contribution in [2.45, 2.75) is 24.5 Å². The lowest BCUT2D eigenvalue weighted by molar-refractivity contribution is -0.138. The molecule has 0 aliphatic rings. The molecule has 0 saturated carbocycles. The van der Waals surface area contributed by atoms with Gasteiger partial charge in [0, 0.05) is 5.75 Å².